The number of hydrogen-bond donors (Lipinski definition) is 1. The first-order valence-corrected chi connectivity index (χ1v) is 12.0. The van der Waals surface area contributed by atoms with Crippen molar-refractivity contribution in [3.8, 4) is 0 Å². The molecule has 0 unspecified atom stereocenters. The Morgan fingerprint density at radius 3 is 2.57 bits per heavy atom. The summed E-state index contributed by atoms with van der Waals surface area (Å²) in [5.74, 6) is -0.561. The lowest BCUT2D eigenvalue weighted by atomic mass is 10.1. The van der Waals surface area contributed by atoms with Crippen molar-refractivity contribution in [2.45, 2.75) is 57.4 Å². The lowest BCUT2D eigenvalue weighted by Crippen LogP contribution is -2.35. The van der Waals surface area contributed by atoms with E-state index in [-0.39, 0.29) is 34.9 Å². The summed E-state index contributed by atoms with van der Waals surface area (Å²) in [6.45, 7) is 5.77. The summed E-state index contributed by atoms with van der Waals surface area (Å²) in [6, 6.07) is 12.4. The molecule has 0 bridgehead atoms. The first kappa shape index (κ1) is 22.0. The zero-order valence-corrected chi connectivity index (χ0v) is 18.5. The molecule has 2 amide bonds. The molecule has 30 heavy (non-hydrogen) atoms. The lowest BCUT2D eigenvalue weighted by molar-refractivity contribution is -0.118. The van der Waals surface area contributed by atoms with Crippen LogP contribution in [0.4, 0.5) is 11.4 Å². The van der Waals surface area contributed by atoms with E-state index in [4.69, 9.17) is 0 Å². The van der Waals surface area contributed by atoms with Gasteiger partial charge >= 0.3 is 0 Å². The molecule has 1 aliphatic heterocycles. The van der Waals surface area contributed by atoms with Crippen molar-refractivity contribution in [3.05, 3.63) is 53.6 Å². The number of aryl methyl sites for hydroxylation is 1. The molecule has 2 aromatic carbocycles. The zero-order valence-electron chi connectivity index (χ0n) is 17.6. The number of fused-ring (bicyclic) bond motifs is 1. The highest BCUT2D eigenvalue weighted by Crippen LogP contribution is 2.34. The zero-order chi connectivity index (χ0) is 21.9. The van der Waals surface area contributed by atoms with Gasteiger partial charge in [-0.05, 0) is 55.2 Å². The summed E-state index contributed by atoms with van der Waals surface area (Å²) in [7, 11) is -3.61. The highest BCUT2D eigenvalue weighted by Gasteiger charge is 2.31. The van der Waals surface area contributed by atoms with Crippen LogP contribution >= 0.6 is 0 Å². The van der Waals surface area contributed by atoms with Gasteiger partial charge in [0.25, 0.3) is 0 Å². The Morgan fingerprint density at radius 2 is 1.87 bits per heavy atom. The summed E-state index contributed by atoms with van der Waals surface area (Å²) in [5.41, 5.74) is 3.36. The summed E-state index contributed by atoms with van der Waals surface area (Å²) < 4.78 is 25.6. The number of amides is 2. The van der Waals surface area contributed by atoms with Crippen LogP contribution in [0.15, 0.2) is 47.4 Å². The van der Waals surface area contributed by atoms with E-state index in [0.29, 0.717) is 12.8 Å². The molecule has 0 saturated heterocycles. The van der Waals surface area contributed by atoms with E-state index in [1.165, 1.54) is 6.07 Å². The normalized spacial score (nSPS) is 15.7. The monoisotopic (exact) mass is 428 g/mol. The SMILES string of the molecule is CCC(=O)N1c2ccc(S(=O)(=O)CCC(=O)Nc3ccccc3CC)cc2C[C@@H]1C. The van der Waals surface area contributed by atoms with Crippen molar-refractivity contribution in [2.24, 2.45) is 0 Å². The van der Waals surface area contributed by atoms with Crippen molar-refractivity contribution < 1.29 is 18.0 Å². The second kappa shape index (κ2) is 9.00. The van der Waals surface area contributed by atoms with Gasteiger partial charge in [-0.1, -0.05) is 32.0 Å². The molecule has 0 fully saturated rings. The molecular formula is C23H28N2O4S. The maximum absolute atomic E-state index is 12.8. The minimum absolute atomic E-state index is 0.00909. The van der Waals surface area contributed by atoms with E-state index in [9.17, 15) is 18.0 Å². The Kier molecular flexibility index (Phi) is 6.61. The summed E-state index contributed by atoms with van der Waals surface area (Å²) in [6.07, 6.45) is 1.69. The number of anilines is 2. The first-order valence-electron chi connectivity index (χ1n) is 10.3. The Hall–Kier alpha value is -2.67. The maximum atomic E-state index is 12.8. The topological polar surface area (TPSA) is 83.6 Å². The van der Waals surface area contributed by atoms with Gasteiger partial charge in [0, 0.05) is 30.3 Å². The van der Waals surface area contributed by atoms with Crippen molar-refractivity contribution >= 4 is 33.0 Å². The van der Waals surface area contributed by atoms with Gasteiger partial charge in [-0.3, -0.25) is 9.59 Å². The van der Waals surface area contributed by atoms with Gasteiger partial charge in [0.15, 0.2) is 9.84 Å². The quantitative estimate of drug-likeness (QED) is 0.728. The Bertz CT molecular complexity index is 1060. The van der Waals surface area contributed by atoms with E-state index in [1.54, 1.807) is 17.0 Å². The fraction of sp³-hybridized carbons (Fsp3) is 0.391. The number of sulfone groups is 1. The van der Waals surface area contributed by atoms with Crippen LogP contribution in [0.3, 0.4) is 0 Å². The number of nitrogens with one attached hydrogen (secondary N) is 1. The van der Waals surface area contributed by atoms with Crippen LogP contribution in [0.5, 0.6) is 0 Å². The van der Waals surface area contributed by atoms with E-state index >= 15 is 0 Å². The second-order valence-electron chi connectivity index (χ2n) is 7.59. The number of rotatable bonds is 7. The third kappa shape index (κ3) is 4.56. The van der Waals surface area contributed by atoms with Crippen molar-refractivity contribution in [1.29, 1.82) is 0 Å². The van der Waals surface area contributed by atoms with Gasteiger partial charge in [0.05, 0.1) is 10.6 Å². The van der Waals surface area contributed by atoms with Gasteiger partial charge in [0.1, 0.15) is 0 Å². The van der Waals surface area contributed by atoms with Crippen molar-refractivity contribution in [3.63, 3.8) is 0 Å². The number of nitrogens with zero attached hydrogens (tertiary/aromatic N) is 1. The van der Waals surface area contributed by atoms with E-state index < -0.39 is 9.84 Å². The molecule has 160 valence electrons. The maximum Gasteiger partial charge on any atom is 0.226 e. The van der Waals surface area contributed by atoms with Crippen LogP contribution in [-0.2, 0) is 32.3 Å². The Morgan fingerprint density at radius 1 is 1.13 bits per heavy atom. The van der Waals surface area contributed by atoms with E-state index in [0.717, 1.165) is 28.9 Å². The number of benzene rings is 2. The average molecular weight is 429 g/mol. The van der Waals surface area contributed by atoms with Crippen LogP contribution in [0.25, 0.3) is 0 Å². The summed E-state index contributed by atoms with van der Waals surface area (Å²) in [5, 5.41) is 2.81. The van der Waals surface area contributed by atoms with Crippen LogP contribution < -0.4 is 10.2 Å². The van der Waals surface area contributed by atoms with Gasteiger partial charge in [-0.25, -0.2) is 8.42 Å². The number of carbonyl (C=O) groups excluding carboxylic acids is 2. The third-order valence-corrected chi connectivity index (χ3v) is 7.18. The van der Waals surface area contributed by atoms with E-state index in [2.05, 4.69) is 5.32 Å². The number of carbonyl (C=O) groups is 2. The molecule has 1 aliphatic rings. The van der Waals surface area contributed by atoms with Crippen LogP contribution in [0.2, 0.25) is 0 Å². The molecule has 0 aromatic heterocycles. The molecule has 0 spiro atoms. The molecular weight excluding hydrogens is 400 g/mol. The van der Waals surface area contributed by atoms with Crippen molar-refractivity contribution in [1.82, 2.24) is 0 Å². The smallest absolute Gasteiger partial charge is 0.226 e. The largest absolute Gasteiger partial charge is 0.326 e. The Labute approximate surface area is 178 Å². The fourth-order valence-electron chi connectivity index (χ4n) is 3.86. The fourth-order valence-corrected chi connectivity index (χ4v) is 5.15. The minimum atomic E-state index is -3.61. The third-order valence-electron chi connectivity index (χ3n) is 5.47. The van der Waals surface area contributed by atoms with Crippen LogP contribution in [0, 0.1) is 0 Å². The molecule has 3 rings (SSSR count). The van der Waals surface area contributed by atoms with Gasteiger partial charge < -0.3 is 10.2 Å². The predicted octanol–water partition coefficient (Wildman–Crippen LogP) is 3.74. The molecule has 1 atom stereocenters. The van der Waals surface area contributed by atoms with Gasteiger partial charge in [-0.15, -0.1) is 0 Å². The molecule has 0 radical (unpaired) electrons. The minimum Gasteiger partial charge on any atom is -0.326 e. The van der Waals surface area contributed by atoms with Gasteiger partial charge in [0.2, 0.25) is 11.8 Å². The Balaban J connectivity index is 1.70. The molecule has 7 heteroatoms. The standard InChI is InChI=1S/C23H28N2O4S/c1-4-17-8-6-7-9-20(17)24-22(26)12-13-30(28,29)19-10-11-21-18(15-19)14-16(3)25(21)23(27)5-2/h6-11,15-16H,4-5,12-14H2,1-3H3,(H,24,26)/t16-/m0/s1. The van der Waals surface area contributed by atoms with Gasteiger partial charge in [-0.2, -0.15) is 0 Å². The van der Waals surface area contributed by atoms with Crippen molar-refractivity contribution in [2.75, 3.05) is 16.0 Å². The molecule has 1 N–H and O–H groups in total. The molecule has 1 heterocycles. The predicted molar refractivity (Wildman–Crippen MR) is 119 cm³/mol. The lowest BCUT2D eigenvalue weighted by Gasteiger charge is -2.22. The highest BCUT2D eigenvalue weighted by molar-refractivity contribution is 7.91. The average Bonchev–Trinajstić information content (AvgIpc) is 3.07. The van der Waals surface area contributed by atoms with E-state index in [1.807, 2.05) is 45.0 Å². The molecule has 6 nitrogen and oxygen atoms in total. The highest BCUT2D eigenvalue weighted by atomic mass is 32.2. The van der Waals surface area contributed by atoms with Crippen LogP contribution in [0.1, 0.15) is 44.7 Å². The molecule has 0 saturated carbocycles. The molecule has 0 aliphatic carbocycles. The second-order valence-corrected chi connectivity index (χ2v) is 9.70. The summed E-state index contributed by atoms with van der Waals surface area (Å²) >= 11 is 0. The summed E-state index contributed by atoms with van der Waals surface area (Å²) in [4.78, 5) is 26.5. The number of hydrogen-bond acceptors (Lipinski definition) is 4. The van der Waals surface area contributed by atoms with Crippen LogP contribution in [-0.4, -0.2) is 32.0 Å². The first-order chi connectivity index (χ1) is 14.3. The number of para-hydroxylation sites is 1. The molecule has 2 aromatic rings.